The molecule has 0 bridgehead atoms. The highest BCUT2D eigenvalue weighted by molar-refractivity contribution is 9.10. The number of methoxy groups -OCH3 is 1. The highest BCUT2D eigenvalue weighted by atomic mass is 79.9. The highest BCUT2D eigenvalue weighted by Crippen LogP contribution is 2.28. The number of ether oxygens (including phenoxy) is 1. The fraction of sp³-hybridized carbons (Fsp3) is 0.0667. The van der Waals surface area contributed by atoms with E-state index in [0.717, 1.165) is 21.1 Å². The number of hydrogen-bond acceptors (Lipinski definition) is 3. The van der Waals surface area contributed by atoms with E-state index in [1.54, 1.807) is 18.2 Å². The topological polar surface area (TPSA) is 55.0 Å². The van der Waals surface area contributed by atoms with Gasteiger partial charge in [0.25, 0.3) is 0 Å². The average molecular weight is 366 g/mol. The highest BCUT2D eigenvalue weighted by Gasteiger charge is 2.13. The Hall–Kier alpha value is -1.85. The van der Waals surface area contributed by atoms with Gasteiger partial charge in [-0.1, -0.05) is 23.7 Å². The van der Waals surface area contributed by atoms with Crippen LogP contribution in [0, 0.1) is 0 Å². The first-order chi connectivity index (χ1) is 10.1. The molecule has 4 nitrogen and oxygen atoms in total. The molecule has 2 aromatic carbocycles. The summed E-state index contributed by atoms with van der Waals surface area (Å²) >= 11 is 9.43. The Morgan fingerprint density at radius 2 is 2.14 bits per heavy atom. The summed E-state index contributed by atoms with van der Waals surface area (Å²) in [5.41, 5.74) is 2.83. The predicted molar refractivity (Wildman–Crippen MR) is 85.6 cm³/mol. The van der Waals surface area contributed by atoms with E-state index in [0.29, 0.717) is 16.4 Å². The Bertz CT molecular complexity index is 845. The molecule has 21 heavy (non-hydrogen) atoms. The van der Waals surface area contributed by atoms with E-state index in [-0.39, 0.29) is 0 Å². The lowest BCUT2D eigenvalue weighted by molar-refractivity contribution is 0.0601. The van der Waals surface area contributed by atoms with E-state index in [9.17, 15) is 4.79 Å². The number of nitrogens with zero attached hydrogens (tertiary/aromatic N) is 1. The van der Waals surface area contributed by atoms with E-state index in [1.165, 1.54) is 7.11 Å². The van der Waals surface area contributed by atoms with Crippen LogP contribution in [0.5, 0.6) is 0 Å². The van der Waals surface area contributed by atoms with Gasteiger partial charge in [0, 0.05) is 15.1 Å². The molecular weight excluding hydrogens is 356 g/mol. The van der Waals surface area contributed by atoms with Crippen LogP contribution in [0.4, 0.5) is 0 Å². The molecule has 3 aromatic rings. The number of esters is 1. The van der Waals surface area contributed by atoms with E-state index < -0.39 is 5.97 Å². The summed E-state index contributed by atoms with van der Waals surface area (Å²) in [5, 5.41) is 0.641. The lowest BCUT2D eigenvalue weighted by Gasteiger charge is -2.00. The molecule has 0 fully saturated rings. The Labute approximate surface area is 134 Å². The molecule has 1 N–H and O–H groups in total. The minimum absolute atomic E-state index is 0.392. The molecule has 106 valence electrons. The van der Waals surface area contributed by atoms with Crippen molar-refractivity contribution in [3.63, 3.8) is 0 Å². The summed E-state index contributed by atoms with van der Waals surface area (Å²) in [4.78, 5) is 19.4. The van der Waals surface area contributed by atoms with Gasteiger partial charge in [0.1, 0.15) is 11.3 Å². The van der Waals surface area contributed by atoms with E-state index in [2.05, 4.69) is 25.9 Å². The second-order valence-electron chi connectivity index (χ2n) is 4.44. The smallest absolute Gasteiger partial charge is 0.337 e. The van der Waals surface area contributed by atoms with Gasteiger partial charge in [-0.3, -0.25) is 0 Å². The number of aromatic amines is 1. The van der Waals surface area contributed by atoms with Gasteiger partial charge in [-0.25, -0.2) is 9.78 Å². The monoisotopic (exact) mass is 364 g/mol. The standard InChI is InChI=1S/C15H10BrClN2O2/c1-21-15(20)9-6-11(16)13-12(7-9)18-14(19-13)8-3-2-4-10(17)5-8/h2-7H,1H3,(H,18,19). The van der Waals surface area contributed by atoms with Crippen molar-refractivity contribution in [2.45, 2.75) is 0 Å². The number of fused-ring (bicyclic) bond motifs is 1. The lowest BCUT2D eigenvalue weighted by Crippen LogP contribution is -2.00. The number of hydrogen-bond donors (Lipinski definition) is 1. The number of benzene rings is 2. The molecule has 0 radical (unpaired) electrons. The molecule has 3 rings (SSSR count). The molecule has 0 aliphatic carbocycles. The Morgan fingerprint density at radius 1 is 1.33 bits per heavy atom. The van der Waals surface area contributed by atoms with Crippen LogP contribution >= 0.6 is 27.5 Å². The summed E-state index contributed by atoms with van der Waals surface area (Å²) in [7, 11) is 1.35. The molecular formula is C15H10BrClN2O2. The normalized spacial score (nSPS) is 10.8. The van der Waals surface area contributed by atoms with Gasteiger partial charge in [-0.15, -0.1) is 0 Å². The third-order valence-corrected chi connectivity index (χ3v) is 3.90. The quantitative estimate of drug-likeness (QED) is 0.683. The van der Waals surface area contributed by atoms with E-state index in [1.807, 2.05) is 18.2 Å². The number of nitrogens with one attached hydrogen (secondary N) is 1. The first kappa shape index (κ1) is 14.1. The maximum absolute atomic E-state index is 11.6. The Balaban J connectivity index is 2.16. The first-order valence-electron chi connectivity index (χ1n) is 6.12. The van der Waals surface area contributed by atoms with Crippen LogP contribution < -0.4 is 0 Å². The van der Waals surface area contributed by atoms with Crippen molar-refractivity contribution in [2.24, 2.45) is 0 Å². The number of rotatable bonds is 2. The summed E-state index contributed by atoms with van der Waals surface area (Å²) in [6.07, 6.45) is 0. The van der Waals surface area contributed by atoms with Crippen LogP contribution in [0.15, 0.2) is 40.9 Å². The van der Waals surface area contributed by atoms with Crippen molar-refractivity contribution in [1.82, 2.24) is 9.97 Å². The van der Waals surface area contributed by atoms with Crippen LogP contribution in [-0.2, 0) is 4.74 Å². The molecule has 0 spiro atoms. The molecule has 0 aliphatic rings. The zero-order valence-corrected chi connectivity index (χ0v) is 13.3. The van der Waals surface area contributed by atoms with Gasteiger partial charge < -0.3 is 9.72 Å². The van der Waals surface area contributed by atoms with E-state index in [4.69, 9.17) is 16.3 Å². The largest absolute Gasteiger partial charge is 0.465 e. The van der Waals surface area contributed by atoms with Crippen LogP contribution in [0.1, 0.15) is 10.4 Å². The van der Waals surface area contributed by atoms with Gasteiger partial charge in [0.2, 0.25) is 0 Å². The van der Waals surface area contributed by atoms with Gasteiger partial charge >= 0.3 is 5.97 Å². The molecule has 6 heteroatoms. The Morgan fingerprint density at radius 3 is 2.86 bits per heavy atom. The third kappa shape index (κ3) is 2.66. The number of imidazole rings is 1. The van der Waals surface area contributed by atoms with Crippen molar-refractivity contribution in [3.8, 4) is 11.4 Å². The van der Waals surface area contributed by atoms with Crippen molar-refractivity contribution < 1.29 is 9.53 Å². The minimum Gasteiger partial charge on any atom is -0.465 e. The minimum atomic E-state index is -0.392. The number of H-pyrrole nitrogens is 1. The third-order valence-electron chi connectivity index (χ3n) is 3.06. The number of carbonyl (C=O) groups is 1. The fourth-order valence-electron chi connectivity index (χ4n) is 2.08. The second-order valence-corrected chi connectivity index (χ2v) is 5.73. The fourth-order valence-corrected chi connectivity index (χ4v) is 2.82. The first-order valence-corrected chi connectivity index (χ1v) is 7.29. The van der Waals surface area contributed by atoms with Crippen molar-refractivity contribution in [2.75, 3.05) is 7.11 Å². The molecule has 0 atom stereocenters. The summed E-state index contributed by atoms with van der Waals surface area (Å²) in [6, 6.07) is 10.8. The maximum atomic E-state index is 11.6. The predicted octanol–water partition coefficient (Wildman–Crippen LogP) is 4.43. The molecule has 1 heterocycles. The van der Waals surface area contributed by atoms with Gasteiger partial charge in [-0.2, -0.15) is 0 Å². The van der Waals surface area contributed by atoms with Crippen molar-refractivity contribution >= 4 is 44.5 Å². The maximum Gasteiger partial charge on any atom is 0.337 e. The van der Waals surface area contributed by atoms with Crippen LogP contribution in [0.25, 0.3) is 22.4 Å². The lowest BCUT2D eigenvalue weighted by atomic mass is 10.2. The van der Waals surface area contributed by atoms with Crippen molar-refractivity contribution in [1.29, 1.82) is 0 Å². The molecule has 0 aliphatic heterocycles. The molecule has 1 aromatic heterocycles. The van der Waals surface area contributed by atoms with Gasteiger partial charge in [0.05, 0.1) is 18.2 Å². The van der Waals surface area contributed by atoms with Crippen LogP contribution in [0.2, 0.25) is 5.02 Å². The summed E-state index contributed by atoms with van der Waals surface area (Å²) < 4.78 is 5.46. The van der Waals surface area contributed by atoms with Crippen molar-refractivity contribution in [3.05, 3.63) is 51.5 Å². The number of aromatic nitrogens is 2. The van der Waals surface area contributed by atoms with Crippen LogP contribution in [0.3, 0.4) is 0 Å². The average Bonchev–Trinajstić information content (AvgIpc) is 2.91. The zero-order valence-electron chi connectivity index (χ0n) is 11.0. The van der Waals surface area contributed by atoms with Gasteiger partial charge in [-0.05, 0) is 40.2 Å². The molecule has 0 saturated heterocycles. The van der Waals surface area contributed by atoms with E-state index >= 15 is 0 Å². The summed E-state index contributed by atoms with van der Waals surface area (Å²) in [6.45, 7) is 0. The summed E-state index contributed by atoms with van der Waals surface area (Å²) in [5.74, 6) is 0.298. The molecule has 0 saturated carbocycles. The number of carbonyl (C=O) groups excluding carboxylic acids is 1. The van der Waals surface area contributed by atoms with Crippen LogP contribution in [-0.4, -0.2) is 23.0 Å². The Kier molecular flexibility index (Phi) is 3.69. The number of halogens is 2. The zero-order chi connectivity index (χ0) is 15.0. The second kappa shape index (κ2) is 5.50. The molecule has 0 unspecified atom stereocenters. The SMILES string of the molecule is COC(=O)c1cc(Br)c2nc(-c3cccc(Cl)c3)[nH]c2c1. The molecule has 0 amide bonds. The van der Waals surface area contributed by atoms with Gasteiger partial charge in [0.15, 0.2) is 0 Å².